The Morgan fingerprint density at radius 2 is 1.90 bits per heavy atom. The van der Waals surface area contributed by atoms with Crippen molar-refractivity contribution in [2.75, 3.05) is 11.9 Å². The van der Waals surface area contributed by atoms with Crippen LogP contribution in [0.4, 0.5) is 10.5 Å². The number of likely N-dealkylation sites (tertiary alicyclic amines) is 1. The summed E-state index contributed by atoms with van der Waals surface area (Å²) in [6.45, 7) is 7.88. The van der Waals surface area contributed by atoms with E-state index in [-0.39, 0.29) is 6.03 Å². The van der Waals surface area contributed by atoms with Gasteiger partial charge < -0.3 is 10.2 Å². The molecule has 1 aliphatic carbocycles. The second kappa shape index (κ2) is 4.51. The van der Waals surface area contributed by atoms with Crippen LogP contribution in [0.1, 0.15) is 40.0 Å². The van der Waals surface area contributed by atoms with Crippen molar-refractivity contribution in [1.82, 2.24) is 4.90 Å². The third-order valence-electron chi connectivity index (χ3n) is 4.70. The summed E-state index contributed by atoms with van der Waals surface area (Å²) in [5, 5.41) is 3.03. The first-order valence-electron chi connectivity index (χ1n) is 7.50. The zero-order chi connectivity index (χ0) is 14.4. The molecule has 1 aromatic carbocycles. The maximum atomic E-state index is 12.5. The lowest BCUT2D eigenvalue weighted by Gasteiger charge is -2.39. The van der Waals surface area contributed by atoms with Crippen molar-refractivity contribution in [3.8, 4) is 0 Å². The van der Waals surface area contributed by atoms with Gasteiger partial charge in [0, 0.05) is 18.3 Å². The Bertz CT molecular complexity index is 511. The van der Waals surface area contributed by atoms with Gasteiger partial charge >= 0.3 is 6.03 Å². The Morgan fingerprint density at radius 1 is 1.20 bits per heavy atom. The van der Waals surface area contributed by atoms with Gasteiger partial charge in [-0.2, -0.15) is 0 Å². The number of amides is 2. The second-order valence-electron chi connectivity index (χ2n) is 7.64. The maximum Gasteiger partial charge on any atom is 0.322 e. The van der Waals surface area contributed by atoms with Crippen LogP contribution < -0.4 is 5.32 Å². The van der Waals surface area contributed by atoms with E-state index in [1.807, 2.05) is 30.3 Å². The molecule has 2 amide bonds. The monoisotopic (exact) mass is 272 g/mol. The van der Waals surface area contributed by atoms with E-state index in [4.69, 9.17) is 0 Å². The van der Waals surface area contributed by atoms with Crippen molar-refractivity contribution in [2.24, 2.45) is 10.8 Å². The number of benzene rings is 1. The van der Waals surface area contributed by atoms with Gasteiger partial charge in [-0.05, 0) is 42.2 Å². The first-order chi connectivity index (χ1) is 9.37. The molecule has 0 spiro atoms. The van der Waals surface area contributed by atoms with Gasteiger partial charge in [0.2, 0.25) is 0 Å². The van der Waals surface area contributed by atoms with Gasteiger partial charge in [-0.3, -0.25) is 0 Å². The number of hydrogen-bond acceptors (Lipinski definition) is 1. The highest BCUT2D eigenvalue weighted by molar-refractivity contribution is 5.89. The summed E-state index contributed by atoms with van der Waals surface area (Å²) in [5.74, 6) is 0. The molecule has 108 valence electrons. The summed E-state index contributed by atoms with van der Waals surface area (Å²) in [6.07, 6.45) is 3.48. The fraction of sp³-hybridized carbons (Fsp3) is 0.588. The van der Waals surface area contributed by atoms with Crippen LogP contribution in [0.15, 0.2) is 30.3 Å². The topological polar surface area (TPSA) is 32.3 Å². The molecule has 20 heavy (non-hydrogen) atoms. The molecule has 1 aromatic rings. The Labute approximate surface area is 121 Å². The van der Waals surface area contributed by atoms with Crippen molar-refractivity contribution >= 4 is 11.7 Å². The molecule has 3 heteroatoms. The summed E-state index contributed by atoms with van der Waals surface area (Å²) < 4.78 is 0. The number of carbonyl (C=O) groups is 1. The molecule has 1 N–H and O–H groups in total. The van der Waals surface area contributed by atoms with Crippen molar-refractivity contribution in [3.05, 3.63) is 30.3 Å². The minimum absolute atomic E-state index is 0.0580. The number of nitrogens with one attached hydrogen (secondary N) is 1. The van der Waals surface area contributed by atoms with E-state index in [1.54, 1.807) is 0 Å². The van der Waals surface area contributed by atoms with Crippen LogP contribution >= 0.6 is 0 Å². The SMILES string of the molecule is CC1(C)C[C@@H]2C[C@@](C)(CN2C(=O)Nc2ccccc2)C1. The number of nitrogens with zero attached hydrogens (tertiary/aromatic N) is 1. The molecule has 1 heterocycles. The molecule has 1 saturated heterocycles. The Morgan fingerprint density at radius 3 is 2.60 bits per heavy atom. The Hall–Kier alpha value is -1.51. The highest BCUT2D eigenvalue weighted by Crippen LogP contribution is 2.52. The summed E-state index contributed by atoms with van der Waals surface area (Å²) in [4.78, 5) is 14.6. The van der Waals surface area contributed by atoms with Crippen LogP contribution in [0.25, 0.3) is 0 Å². The lowest BCUT2D eigenvalue weighted by molar-refractivity contribution is 0.130. The maximum absolute atomic E-state index is 12.5. The minimum Gasteiger partial charge on any atom is -0.321 e. The van der Waals surface area contributed by atoms with E-state index >= 15 is 0 Å². The zero-order valence-electron chi connectivity index (χ0n) is 12.6. The predicted molar refractivity (Wildman–Crippen MR) is 81.7 cm³/mol. The Kier molecular flexibility index (Phi) is 3.03. The molecule has 2 atom stereocenters. The predicted octanol–water partition coefficient (Wildman–Crippen LogP) is 4.12. The molecule has 2 aliphatic rings. The lowest BCUT2D eigenvalue weighted by atomic mass is 9.65. The first kappa shape index (κ1) is 13.5. The minimum atomic E-state index is 0.0580. The summed E-state index contributed by atoms with van der Waals surface area (Å²) in [6, 6.07) is 10.2. The van der Waals surface area contributed by atoms with E-state index < -0.39 is 0 Å². The number of rotatable bonds is 1. The summed E-state index contributed by atoms with van der Waals surface area (Å²) in [7, 11) is 0. The molecule has 1 saturated carbocycles. The summed E-state index contributed by atoms with van der Waals surface area (Å²) in [5.41, 5.74) is 1.52. The van der Waals surface area contributed by atoms with E-state index in [1.165, 1.54) is 6.42 Å². The molecule has 3 rings (SSSR count). The number of anilines is 1. The van der Waals surface area contributed by atoms with Gasteiger partial charge in [-0.25, -0.2) is 4.79 Å². The number of urea groups is 1. The number of fused-ring (bicyclic) bond motifs is 2. The molecule has 0 unspecified atom stereocenters. The largest absolute Gasteiger partial charge is 0.322 e. The molecule has 0 aromatic heterocycles. The van der Waals surface area contributed by atoms with Crippen molar-refractivity contribution in [1.29, 1.82) is 0 Å². The average Bonchev–Trinajstić information content (AvgIpc) is 2.60. The van der Waals surface area contributed by atoms with Crippen LogP contribution in [-0.4, -0.2) is 23.5 Å². The van der Waals surface area contributed by atoms with Gasteiger partial charge in [0.1, 0.15) is 0 Å². The smallest absolute Gasteiger partial charge is 0.321 e. The van der Waals surface area contributed by atoms with E-state index in [0.717, 1.165) is 25.1 Å². The number of carbonyl (C=O) groups excluding carboxylic acids is 1. The Balaban J connectivity index is 1.74. The third kappa shape index (κ3) is 2.54. The van der Waals surface area contributed by atoms with Crippen molar-refractivity contribution in [3.63, 3.8) is 0 Å². The van der Waals surface area contributed by atoms with Gasteiger partial charge in [0.15, 0.2) is 0 Å². The van der Waals surface area contributed by atoms with Crippen molar-refractivity contribution < 1.29 is 4.79 Å². The molecular formula is C17H24N2O. The molecule has 1 aliphatic heterocycles. The molecule has 2 fully saturated rings. The normalized spacial score (nSPS) is 31.1. The van der Waals surface area contributed by atoms with Gasteiger partial charge in [0.05, 0.1) is 0 Å². The van der Waals surface area contributed by atoms with Crippen molar-refractivity contribution in [2.45, 2.75) is 46.1 Å². The van der Waals surface area contributed by atoms with E-state index in [2.05, 4.69) is 31.0 Å². The highest BCUT2D eigenvalue weighted by atomic mass is 16.2. The quantitative estimate of drug-likeness (QED) is 0.819. The van der Waals surface area contributed by atoms with Crippen LogP contribution in [-0.2, 0) is 0 Å². The van der Waals surface area contributed by atoms with Gasteiger partial charge in [-0.15, -0.1) is 0 Å². The van der Waals surface area contributed by atoms with Gasteiger partial charge in [-0.1, -0.05) is 39.0 Å². The number of hydrogen-bond donors (Lipinski definition) is 1. The lowest BCUT2D eigenvalue weighted by Crippen LogP contribution is -2.40. The van der Waals surface area contributed by atoms with Crippen LogP contribution in [0.5, 0.6) is 0 Å². The molecule has 0 radical (unpaired) electrons. The first-order valence-corrected chi connectivity index (χ1v) is 7.50. The molecule has 3 nitrogen and oxygen atoms in total. The van der Waals surface area contributed by atoms with Gasteiger partial charge in [0.25, 0.3) is 0 Å². The second-order valence-corrected chi connectivity index (χ2v) is 7.64. The molecule has 2 bridgehead atoms. The molecular weight excluding hydrogens is 248 g/mol. The van der Waals surface area contributed by atoms with E-state index in [0.29, 0.717) is 16.9 Å². The van der Waals surface area contributed by atoms with Crippen LogP contribution in [0.3, 0.4) is 0 Å². The van der Waals surface area contributed by atoms with Crippen LogP contribution in [0, 0.1) is 10.8 Å². The third-order valence-corrected chi connectivity index (χ3v) is 4.70. The highest BCUT2D eigenvalue weighted by Gasteiger charge is 2.50. The average molecular weight is 272 g/mol. The standard InChI is InChI=1S/C17H24N2O/c1-16(2)9-14-10-17(3,11-16)12-19(14)15(20)18-13-7-5-4-6-8-13/h4-8,14H,9-12H2,1-3H3,(H,18,20)/t14-,17-/m1/s1. The number of para-hydroxylation sites is 1. The summed E-state index contributed by atoms with van der Waals surface area (Å²) >= 11 is 0. The fourth-order valence-corrected chi connectivity index (χ4v) is 4.41. The fourth-order valence-electron chi connectivity index (χ4n) is 4.41. The van der Waals surface area contributed by atoms with E-state index in [9.17, 15) is 4.79 Å². The van der Waals surface area contributed by atoms with Crippen LogP contribution in [0.2, 0.25) is 0 Å². The zero-order valence-corrected chi connectivity index (χ0v) is 12.6.